The monoisotopic (exact) mass is 240 g/mol. The van der Waals surface area contributed by atoms with Crippen LogP contribution in [0.4, 0.5) is 4.39 Å². The second kappa shape index (κ2) is 7.01. The maximum atomic E-state index is 12.7. The van der Waals surface area contributed by atoms with Gasteiger partial charge in [0.15, 0.2) is 6.10 Å². The molecule has 0 saturated carbocycles. The molecule has 1 unspecified atom stereocenters. The normalized spacial score (nSPS) is 12.4. The van der Waals surface area contributed by atoms with Crippen molar-refractivity contribution in [3.05, 3.63) is 35.6 Å². The molecule has 0 radical (unpaired) electrons. The first-order valence-electron chi connectivity index (χ1n) is 5.72. The van der Waals surface area contributed by atoms with E-state index < -0.39 is 12.1 Å². The number of carbonyl (C=O) groups is 1. The van der Waals surface area contributed by atoms with Gasteiger partial charge in [-0.3, -0.25) is 0 Å². The molecule has 4 heteroatoms. The van der Waals surface area contributed by atoms with Crippen molar-refractivity contribution in [2.45, 2.75) is 32.3 Å². The van der Waals surface area contributed by atoms with Crippen molar-refractivity contribution >= 4 is 5.97 Å². The van der Waals surface area contributed by atoms with Crippen LogP contribution in [-0.4, -0.2) is 23.8 Å². The third-order valence-electron chi connectivity index (χ3n) is 2.43. The number of ether oxygens (including phenoxy) is 1. The SMILES string of the molecule is CCCCOC(Cc1ccc(F)cc1)C(=O)O. The second-order valence-electron chi connectivity index (χ2n) is 3.88. The van der Waals surface area contributed by atoms with E-state index in [1.165, 1.54) is 12.1 Å². The van der Waals surface area contributed by atoms with Crippen molar-refractivity contribution in [1.29, 1.82) is 0 Å². The Hall–Kier alpha value is -1.42. The number of hydrogen-bond acceptors (Lipinski definition) is 2. The Morgan fingerprint density at radius 3 is 2.59 bits per heavy atom. The van der Waals surface area contributed by atoms with E-state index in [1.54, 1.807) is 12.1 Å². The Labute approximate surface area is 100 Å². The highest BCUT2D eigenvalue weighted by molar-refractivity contribution is 5.72. The van der Waals surface area contributed by atoms with E-state index in [1.807, 2.05) is 6.92 Å². The zero-order valence-corrected chi connectivity index (χ0v) is 9.86. The van der Waals surface area contributed by atoms with Crippen LogP contribution in [0.25, 0.3) is 0 Å². The van der Waals surface area contributed by atoms with Gasteiger partial charge in [0.1, 0.15) is 5.82 Å². The molecule has 0 saturated heterocycles. The molecule has 0 heterocycles. The fourth-order valence-electron chi connectivity index (χ4n) is 1.42. The van der Waals surface area contributed by atoms with E-state index >= 15 is 0 Å². The second-order valence-corrected chi connectivity index (χ2v) is 3.88. The molecule has 0 bridgehead atoms. The van der Waals surface area contributed by atoms with Crippen molar-refractivity contribution < 1.29 is 19.0 Å². The van der Waals surface area contributed by atoms with Gasteiger partial charge in [0.25, 0.3) is 0 Å². The number of benzene rings is 1. The molecule has 17 heavy (non-hydrogen) atoms. The molecule has 1 atom stereocenters. The fraction of sp³-hybridized carbons (Fsp3) is 0.462. The van der Waals surface area contributed by atoms with Gasteiger partial charge in [0, 0.05) is 13.0 Å². The van der Waals surface area contributed by atoms with Gasteiger partial charge >= 0.3 is 5.97 Å². The summed E-state index contributed by atoms with van der Waals surface area (Å²) in [5.41, 5.74) is 0.760. The molecule has 0 aliphatic carbocycles. The van der Waals surface area contributed by atoms with Crippen molar-refractivity contribution in [1.82, 2.24) is 0 Å². The maximum Gasteiger partial charge on any atom is 0.333 e. The lowest BCUT2D eigenvalue weighted by Gasteiger charge is -2.13. The lowest BCUT2D eigenvalue weighted by atomic mass is 10.1. The van der Waals surface area contributed by atoms with Crippen LogP contribution in [-0.2, 0) is 16.0 Å². The Morgan fingerprint density at radius 2 is 2.06 bits per heavy atom. The summed E-state index contributed by atoms with van der Waals surface area (Å²) >= 11 is 0. The van der Waals surface area contributed by atoms with Crippen LogP contribution in [0.1, 0.15) is 25.3 Å². The summed E-state index contributed by atoms with van der Waals surface area (Å²) in [6, 6.07) is 5.80. The summed E-state index contributed by atoms with van der Waals surface area (Å²) in [5.74, 6) is -1.31. The van der Waals surface area contributed by atoms with Crippen LogP contribution < -0.4 is 0 Å². The summed E-state index contributed by atoms with van der Waals surface area (Å²) in [4.78, 5) is 11.0. The van der Waals surface area contributed by atoms with Crippen LogP contribution in [0.2, 0.25) is 0 Å². The summed E-state index contributed by atoms with van der Waals surface area (Å²) in [7, 11) is 0. The minimum absolute atomic E-state index is 0.263. The standard InChI is InChI=1S/C13H17FO3/c1-2-3-8-17-12(13(15)16)9-10-4-6-11(14)7-5-10/h4-7,12H,2-3,8-9H2,1H3,(H,15,16). The largest absolute Gasteiger partial charge is 0.479 e. The van der Waals surface area contributed by atoms with E-state index in [2.05, 4.69) is 0 Å². The highest BCUT2D eigenvalue weighted by Gasteiger charge is 2.18. The number of halogens is 1. The van der Waals surface area contributed by atoms with Gasteiger partial charge < -0.3 is 9.84 Å². The Morgan fingerprint density at radius 1 is 1.41 bits per heavy atom. The predicted octanol–water partition coefficient (Wildman–Crippen LogP) is 2.64. The third-order valence-corrected chi connectivity index (χ3v) is 2.43. The van der Waals surface area contributed by atoms with E-state index in [9.17, 15) is 9.18 Å². The Bertz CT molecular complexity index is 348. The summed E-state index contributed by atoms with van der Waals surface area (Å²) < 4.78 is 18.0. The van der Waals surface area contributed by atoms with Gasteiger partial charge in [-0.15, -0.1) is 0 Å². The first-order valence-corrected chi connectivity index (χ1v) is 5.72. The average molecular weight is 240 g/mol. The lowest BCUT2D eigenvalue weighted by molar-refractivity contribution is -0.150. The van der Waals surface area contributed by atoms with Crippen LogP contribution in [0.3, 0.4) is 0 Å². The molecule has 3 nitrogen and oxygen atoms in total. The molecule has 0 aliphatic heterocycles. The Balaban J connectivity index is 2.54. The molecule has 94 valence electrons. The van der Waals surface area contributed by atoms with Crippen LogP contribution in [0, 0.1) is 5.82 Å². The zero-order valence-electron chi connectivity index (χ0n) is 9.86. The molecule has 1 aromatic rings. The number of aliphatic carboxylic acids is 1. The fourth-order valence-corrected chi connectivity index (χ4v) is 1.42. The molecule has 0 fully saturated rings. The number of hydrogen-bond donors (Lipinski definition) is 1. The first-order chi connectivity index (χ1) is 8.13. The van der Waals surface area contributed by atoms with Crippen molar-refractivity contribution in [2.24, 2.45) is 0 Å². The minimum atomic E-state index is -0.981. The van der Waals surface area contributed by atoms with Crippen LogP contribution in [0.5, 0.6) is 0 Å². The molecule has 1 aromatic carbocycles. The predicted molar refractivity (Wildman–Crippen MR) is 62.4 cm³/mol. The van der Waals surface area contributed by atoms with Crippen LogP contribution in [0.15, 0.2) is 24.3 Å². The van der Waals surface area contributed by atoms with Gasteiger partial charge in [0.05, 0.1) is 0 Å². The lowest BCUT2D eigenvalue weighted by Crippen LogP contribution is -2.26. The van der Waals surface area contributed by atoms with Crippen molar-refractivity contribution in [2.75, 3.05) is 6.61 Å². The van der Waals surface area contributed by atoms with Crippen molar-refractivity contribution in [3.8, 4) is 0 Å². The summed E-state index contributed by atoms with van der Waals surface area (Å²) in [6.07, 6.45) is 1.21. The molecular weight excluding hydrogens is 223 g/mol. The quantitative estimate of drug-likeness (QED) is 0.745. The van der Waals surface area contributed by atoms with E-state index in [0.717, 1.165) is 18.4 Å². The maximum absolute atomic E-state index is 12.7. The number of carboxylic acid groups (broad SMARTS) is 1. The van der Waals surface area contributed by atoms with Gasteiger partial charge in [-0.05, 0) is 24.1 Å². The smallest absolute Gasteiger partial charge is 0.333 e. The van der Waals surface area contributed by atoms with Crippen LogP contribution >= 0.6 is 0 Å². The number of unbranched alkanes of at least 4 members (excludes halogenated alkanes) is 1. The van der Waals surface area contributed by atoms with E-state index in [4.69, 9.17) is 9.84 Å². The Kier molecular flexibility index (Phi) is 5.63. The highest BCUT2D eigenvalue weighted by atomic mass is 19.1. The number of carboxylic acids is 1. The molecule has 1 rings (SSSR count). The summed E-state index contributed by atoms with van der Waals surface area (Å²) in [6.45, 7) is 2.45. The molecule has 0 aromatic heterocycles. The molecular formula is C13H17FO3. The van der Waals surface area contributed by atoms with E-state index in [0.29, 0.717) is 6.61 Å². The average Bonchev–Trinajstić information content (AvgIpc) is 2.30. The molecule has 1 N–H and O–H groups in total. The van der Waals surface area contributed by atoms with Gasteiger partial charge in [-0.25, -0.2) is 9.18 Å². The molecule has 0 amide bonds. The van der Waals surface area contributed by atoms with Crippen molar-refractivity contribution in [3.63, 3.8) is 0 Å². The van der Waals surface area contributed by atoms with Gasteiger partial charge in [-0.1, -0.05) is 25.5 Å². The molecule has 0 aliphatic rings. The van der Waals surface area contributed by atoms with Gasteiger partial charge in [0.2, 0.25) is 0 Å². The third kappa shape index (κ3) is 4.95. The number of rotatable bonds is 7. The zero-order chi connectivity index (χ0) is 12.7. The topological polar surface area (TPSA) is 46.5 Å². The summed E-state index contributed by atoms with van der Waals surface area (Å²) in [5, 5.41) is 8.99. The first kappa shape index (κ1) is 13.6. The minimum Gasteiger partial charge on any atom is -0.479 e. The van der Waals surface area contributed by atoms with E-state index in [-0.39, 0.29) is 12.2 Å². The molecule has 0 spiro atoms. The van der Waals surface area contributed by atoms with Gasteiger partial charge in [-0.2, -0.15) is 0 Å². The highest BCUT2D eigenvalue weighted by Crippen LogP contribution is 2.09.